The average molecular weight is 284 g/mol. The summed E-state index contributed by atoms with van der Waals surface area (Å²) in [6, 6.07) is 8.68. The summed E-state index contributed by atoms with van der Waals surface area (Å²) in [5, 5.41) is 2.51. The fraction of sp³-hybridized carbons (Fsp3) is 0.500. The highest BCUT2D eigenvalue weighted by atomic mass is 16.5. The maximum absolute atomic E-state index is 5.98. The van der Waals surface area contributed by atoms with Crippen LogP contribution in [0.4, 0.5) is 5.82 Å². The number of ether oxygens (including phenoxy) is 1. The first kappa shape index (κ1) is 14.3. The van der Waals surface area contributed by atoms with Crippen LogP contribution >= 0.6 is 0 Å². The zero-order valence-electron chi connectivity index (χ0n) is 13.2. The number of aromatic nitrogens is 1. The smallest absolute Gasteiger partial charge is 0.136 e. The molecule has 0 aliphatic carbocycles. The van der Waals surface area contributed by atoms with Crippen LogP contribution in [0.3, 0.4) is 0 Å². The second-order valence-corrected chi connectivity index (χ2v) is 6.31. The molecule has 2 aromatic rings. The van der Waals surface area contributed by atoms with Gasteiger partial charge < -0.3 is 9.64 Å². The highest BCUT2D eigenvalue weighted by Crippen LogP contribution is 2.27. The van der Waals surface area contributed by atoms with Crippen molar-refractivity contribution >= 4 is 16.6 Å². The van der Waals surface area contributed by atoms with Crippen LogP contribution in [0.1, 0.15) is 25.8 Å². The number of anilines is 1. The summed E-state index contributed by atoms with van der Waals surface area (Å²) in [4.78, 5) is 7.08. The predicted octanol–water partition coefficient (Wildman–Crippen LogP) is 3.79. The van der Waals surface area contributed by atoms with Crippen molar-refractivity contribution in [1.82, 2.24) is 4.98 Å². The van der Waals surface area contributed by atoms with Crippen molar-refractivity contribution < 1.29 is 4.74 Å². The topological polar surface area (TPSA) is 25.4 Å². The van der Waals surface area contributed by atoms with E-state index in [4.69, 9.17) is 4.74 Å². The van der Waals surface area contributed by atoms with Crippen LogP contribution < -0.4 is 4.90 Å². The van der Waals surface area contributed by atoms with E-state index in [1.165, 1.54) is 16.3 Å². The molecule has 0 N–H and O–H groups in total. The van der Waals surface area contributed by atoms with Gasteiger partial charge in [0.2, 0.25) is 0 Å². The molecule has 1 unspecified atom stereocenters. The molecule has 3 rings (SSSR count). The normalized spacial score (nSPS) is 20.0. The Kier molecular flexibility index (Phi) is 4.11. The van der Waals surface area contributed by atoms with Gasteiger partial charge >= 0.3 is 0 Å². The summed E-state index contributed by atoms with van der Waals surface area (Å²) < 4.78 is 5.98. The summed E-state index contributed by atoms with van der Waals surface area (Å²) in [6.07, 6.45) is 3.27. The zero-order valence-corrected chi connectivity index (χ0v) is 13.2. The molecule has 0 bridgehead atoms. The molecule has 2 heterocycles. The summed E-state index contributed by atoms with van der Waals surface area (Å²) >= 11 is 0. The molecule has 1 aliphatic rings. The first-order valence-corrected chi connectivity index (χ1v) is 7.87. The van der Waals surface area contributed by atoms with Gasteiger partial charge in [-0.2, -0.15) is 0 Å². The van der Waals surface area contributed by atoms with Crippen molar-refractivity contribution in [2.75, 3.05) is 24.6 Å². The number of aryl methyl sites for hydroxylation is 1. The van der Waals surface area contributed by atoms with Crippen molar-refractivity contribution in [3.63, 3.8) is 0 Å². The van der Waals surface area contributed by atoms with E-state index in [-0.39, 0.29) is 6.10 Å². The van der Waals surface area contributed by atoms with Crippen LogP contribution in [0, 0.1) is 12.8 Å². The van der Waals surface area contributed by atoms with Crippen molar-refractivity contribution in [2.45, 2.75) is 33.3 Å². The van der Waals surface area contributed by atoms with Gasteiger partial charge in [0, 0.05) is 31.3 Å². The fourth-order valence-electron chi connectivity index (χ4n) is 2.97. The first-order valence-electron chi connectivity index (χ1n) is 7.87. The number of fused-ring (bicyclic) bond motifs is 1. The molecular weight excluding hydrogens is 260 g/mol. The lowest BCUT2D eigenvalue weighted by molar-refractivity contribution is 0.0375. The fourth-order valence-corrected chi connectivity index (χ4v) is 2.97. The standard InChI is InChI=1S/C18H24N2O/c1-13(2)17-12-20(9-4-10-21-17)18-16-11-14(3)5-6-15(16)7-8-19-18/h5-8,11,13,17H,4,9-10,12H2,1-3H3. The van der Waals surface area contributed by atoms with Gasteiger partial charge in [0.25, 0.3) is 0 Å². The van der Waals surface area contributed by atoms with E-state index in [1.54, 1.807) is 0 Å². The minimum atomic E-state index is 0.286. The molecule has 0 saturated carbocycles. The van der Waals surface area contributed by atoms with Gasteiger partial charge in [-0.15, -0.1) is 0 Å². The van der Waals surface area contributed by atoms with Gasteiger partial charge in [0.05, 0.1) is 6.10 Å². The van der Waals surface area contributed by atoms with E-state index >= 15 is 0 Å². The molecule has 3 nitrogen and oxygen atoms in total. The van der Waals surface area contributed by atoms with E-state index in [1.807, 2.05) is 6.20 Å². The predicted molar refractivity (Wildman–Crippen MR) is 87.9 cm³/mol. The molecule has 0 amide bonds. The Morgan fingerprint density at radius 2 is 2.14 bits per heavy atom. The van der Waals surface area contributed by atoms with E-state index in [0.717, 1.165) is 31.9 Å². The SMILES string of the molecule is Cc1ccc2ccnc(N3CCCOC(C(C)C)C3)c2c1. The lowest BCUT2D eigenvalue weighted by Crippen LogP contribution is -2.35. The Morgan fingerprint density at radius 3 is 2.95 bits per heavy atom. The molecule has 1 aliphatic heterocycles. The molecule has 1 aromatic carbocycles. The van der Waals surface area contributed by atoms with E-state index in [0.29, 0.717) is 5.92 Å². The molecule has 1 fully saturated rings. The van der Waals surface area contributed by atoms with Crippen LogP contribution in [-0.4, -0.2) is 30.8 Å². The average Bonchev–Trinajstić information content (AvgIpc) is 2.72. The third-order valence-corrected chi connectivity index (χ3v) is 4.25. The van der Waals surface area contributed by atoms with Crippen LogP contribution in [0.25, 0.3) is 10.8 Å². The molecule has 112 valence electrons. The van der Waals surface area contributed by atoms with Crippen molar-refractivity contribution in [1.29, 1.82) is 0 Å². The molecule has 0 spiro atoms. The van der Waals surface area contributed by atoms with Gasteiger partial charge in [-0.3, -0.25) is 0 Å². The Labute approximate surface area is 126 Å². The molecule has 1 atom stereocenters. The van der Waals surface area contributed by atoms with Gasteiger partial charge in [-0.25, -0.2) is 4.98 Å². The van der Waals surface area contributed by atoms with Crippen LogP contribution in [0.2, 0.25) is 0 Å². The molecule has 21 heavy (non-hydrogen) atoms. The highest BCUT2D eigenvalue weighted by Gasteiger charge is 2.23. The summed E-state index contributed by atoms with van der Waals surface area (Å²) in [7, 11) is 0. The Balaban J connectivity index is 2.00. The number of benzene rings is 1. The summed E-state index contributed by atoms with van der Waals surface area (Å²) in [5.41, 5.74) is 1.28. The zero-order chi connectivity index (χ0) is 14.8. The molecule has 3 heteroatoms. The summed E-state index contributed by atoms with van der Waals surface area (Å²) in [5.74, 6) is 1.63. The Morgan fingerprint density at radius 1 is 1.29 bits per heavy atom. The van der Waals surface area contributed by atoms with Gasteiger partial charge in [-0.1, -0.05) is 31.5 Å². The van der Waals surface area contributed by atoms with E-state index < -0.39 is 0 Å². The van der Waals surface area contributed by atoms with Gasteiger partial charge in [0.1, 0.15) is 5.82 Å². The number of nitrogens with zero attached hydrogens (tertiary/aromatic N) is 2. The maximum Gasteiger partial charge on any atom is 0.136 e. The van der Waals surface area contributed by atoms with Crippen LogP contribution in [-0.2, 0) is 4.74 Å². The van der Waals surface area contributed by atoms with Crippen LogP contribution in [0.15, 0.2) is 30.5 Å². The summed E-state index contributed by atoms with van der Waals surface area (Å²) in [6.45, 7) is 9.40. The van der Waals surface area contributed by atoms with Crippen molar-refractivity contribution in [2.24, 2.45) is 5.92 Å². The second kappa shape index (κ2) is 6.02. The Hall–Kier alpha value is -1.61. The highest BCUT2D eigenvalue weighted by molar-refractivity contribution is 5.92. The number of hydrogen-bond acceptors (Lipinski definition) is 3. The lowest BCUT2D eigenvalue weighted by Gasteiger charge is -2.27. The third kappa shape index (κ3) is 3.03. The quantitative estimate of drug-likeness (QED) is 0.839. The lowest BCUT2D eigenvalue weighted by atomic mass is 10.1. The number of pyridine rings is 1. The van der Waals surface area contributed by atoms with Gasteiger partial charge in [-0.05, 0) is 36.8 Å². The van der Waals surface area contributed by atoms with Gasteiger partial charge in [0.15, 0.2) is 0 Å². The van der Waals surface area contributed by atoms with Crippen molar-refractivity contribution in [3.05, 3.63) is 36.0 Å². The monoisotopic (exact) mass is 284 g/mol. The number of rotatable bonds is 2. The minimum Gasteiger partial charge on any atom is -0.376 e. The van der Waals surface area contributed by atoms with E-state index in [2.05, 4.69) is 54.9 Å². The molecule has 1 aromatic heterocycles. The van der Waals surface area contributed by atoms with E-state index in [9.17, 15) is 0 Å². The van der Waals surface area contributed by atoms with Crippen molar-refractivity contribution in [3.8, 4) is 0 Å². The molecule has 1 saturated heterocycles. The maximum atomic E-state index is 5.98. The minimum absolute atomic E-state index is 0.286. The van der Waals surface area contributed by atoms with Crippen LogP contribution in [0.5, 0.6) is 0 Å². The molecular formula is C18H24N2O. The first-order chi connectivity index (χ1) is 10.1. The second-order valence-electron chi connectivity index (χ2n) is 6.31. The molecule has 0 radical (unpaired) electrons. The largest absolute Gasteiger partial charge is 0.376 e. The third-order valence-electron chi connectivity index (χ3n) is 4.25. The Bertz CT molecular complexity index is 624. The number of hydrogen-bond donors (Lipinski definition) is 0.